The van der Waals surface area contributed by atoms with E-state index in [-0.39, 0.29) is 31.2 Å². The highest BCUT2D eigenvalue weighted by Crippen LogP contribution is 2.12. The summed E-state index contributed by atoms with van der Waals surface area (Å²) in [5.74, 6) is -0.323. The van der Waals surface area contributed by atoms with E-state index in [1.54, 1.807) is 0 Å². The second kappa shape index (κ2) is 6.96. The lowest BCUT2D eigenvalue weighted by Crippen LogP contribution is -2.29. The van der Waals surface area contributed by atoms with Crippen LogP contribution >= 0.6 is 0 Å². The maximum Gasteiger partial charge on any atom is 0.269 e. The highest BCUT2D eigenvalue weighted by molar-refractivity contribution is 7.85. The fourth-order valence-corrected chi connectivity index (χ4v) is 1.75. The van der Waals surface area contributed by atoms with Gasteiger partial charge in [-0.2, -0.15) is 8.42 Å². The summed E-state index contributed by atoms with van der Waals surface area (Å²) in [5, 5.41) is 12.9. The second-order valence-electron chi connectivity index (χ2n) is 3.98. The Balaban J connectivity index is 2.37. The van der Waals surface area contributed by atoms with Crippen LogP contribution in [0, 0.1) is 10.1 Å². The van der Waals surface area contributed by atoms with Crippen LogP contribution in [-0.4, -0.2) is 38.7 Å². The topological polar surface area (TPSA) is 116 Å². The molecule has 0 aliphatic heterocycles. The number of benzene rings is 1. The summed E-state index contributed by atoms with van der Waals surface area (Å²) < 4.78 is 25.8. The van der Waals surface area contributed by atoms with Gasteiger partial charge in [-0.1, -0.05) is 12.1 Å². The molecule has 0 aliphatic carbocycles. The van der Waals surface area contributed by atoms with Crippen molar-refractivity contribution in [2.45, 2.75) is 6.42 Å². The molecular formula is C11H14N2O6S. The van der Waals surface area contributed by atoms with Crippen molar-refractivity contribution < 1.29 is 22.3 Å². The number of hydrogen-bond donors (Lipinski definition) is 1. The van der Waals surface area contributed by atoms with E-state index in [0.717, 1.165) is 6.26 Å². The van der Waals surface area contributed by atoms with Crippen LogP contribution in [0.4, 0.5) is 5.69 Å². The fourth-order valence-electron chi connectivity index (χ4n) is 1.37. The van der Waals surface area contributed by atoms with Gasteiger partial charge in [0.1, 0.15) is 0 Å². The van der Waals surface area contributed by atoms with E-state index < -0.39 is 15.0 Å². The van der Waals surface area contributed by atoms with E-state index in [2.05, 4.69) is 9.50 Å². The number of nitro benzene ring substituents is 1. The molecule has 0 unspecified atom stereocenters. The standard InChI is InChI=1S/C11H14N2O6S/c1-20(17,18)19-7-6-12-11(14)8-9-2-4-10(5-3-9)13(15)16/h2-5H,6-8H2,1H3,(H,12,14). The first-order valence-corrected chi connectivity index (χ1v) is 7.44. The van der Waals surface area contributed by atoms with Gasteiger partial charge in [0, 0.05) is 18.7 Å². The monoisotopic (exact) mass is 302 g/mol. The largest absolute Gasteiger partial charge is 0.353 e. The van der Waals surface area contributed by atoms with Crippen molar-refractivity contribution in [1.29, 1.82) is 0 Å². The van der Waals surface area contributed by atoms with Crippen LogP contribution in [0.15, 0.2) is 24.3 Å². The number of carbonyl (C=O) groups excluding carboxylic acids is 1. The van der Waals surface area contributed by atoms with Crippen LogP contribution in [0.5, 0.6) is 0 Å². The molecule has 20 heavy (non-hydrogen) atoms. The number of rotatable bonds is 7. The average molecular weight is 302 g/mol. The van der Waals surface area contributed by atoms with Gasteiger partial charge < -0.3 is 5.32 Å². The molecule has 0 radical (unpaired) electrons. The van der Waals surface area contributed by atoms with Crippen molar-refractivity contribution in [2.24, 2.45) is 0 Å². The molecule has 0 bridgehead atoms. The molecule has 1 aromatic rings. The number of amides is 1. The lowest BCUT2D eigenvalue weighted by Gasteiger charge is -2.05. The molecule has 0 heterocycles. The zero-order valence-electron chi connectivity index (χ0n) is 10.7. The zero-order valence-corrected chi connectivity index (χ0v) is 11.6. The number of nitrogens with zero attached hydrogens (tertiary/aromatic N) is 1. The first-order chi connectivity index (χ1) is 9.28. The number of hydrogen-bond acceptors (Lipinski definition) is 6. The van der Waals surface area contributed by atoms with E-state index >= 15 is 0 Å². The number of nitro groups is 1. The Morgan fingerprint density at radius 3 is 2.45 bits per heavy atom. The van der Waals surface area contributed by atoms with Gasteiger partial charge in [-0.25, -0.2) is 0 Å². The Hall–Kier alpha value is -2.00. The molecule has 0 spiro atoms. The van der Waals surface area contributed by atoms with Gasteiger partial charge in [-0.15, -0.1) is 0 Å². The third kappa shape index (κ3) is 6.25. The van der Waals surface area contributed by atoms with Crippen molar-refractivity contribution in [1.82, 2.24) is 5.32 Å². The number of nitrogens with one attached hydrogen (secondary N) is 1. The molecule has 9 heteroatoms. The van der Waals surface area contributed by atoms with Crippen molar-refractivity contribution in [3.8, 4) is 0 Å². The zero-order chi connectivity index (χ0) is 15.2. The van der Waals surface area contributed by atoms with E-state index in [1.807, 2.05) is 0 Å². The number of carbonyl (C=O) groups is 1. The van der Waals surface area contributed by atoms with Crippen molar-refractivity contribution in [3.05, 3.63) is 39.9 Å². The van der Waals surface area contributed by atoms with Crippen LogP contribution in [0.3, 0.4) is 0 Å². The van der Waals surface area contributed by atoms with E-state index in [4.69, 9.17) is 0 Å². The summed E-state index contributed by atoms with van der Waals surface area (Å²) in [4.78, 5) is 21.4. The molecule has 8 nitrogen and oxygen atoms in total. The Morgan fingerprint density at radius 1 is 1.35 bits per heavy atom. The van der Waals surface area contributed by atoms with E-state index in [1.165, 1.54) is 24.3 Å². The minimum Gasteiger partial charge on any atom is -0.353 e. The molecule has 0 fully saturated rings. The fraction of sp³-hybridized carbons (Fsp3) is 0.364. The van der Waals surface area contributed by atoms with Crippen LogP contribution in [0.1, 0.15) is 5.56 Å². The maximum atomic E-state index is 11.5. The van der Waals surface area contributed by atoms with E-state index in [0.29, 0.717) is 5.56 Å². The van der Waals surface area contributed by atoms with Crippen LogP contribution in [0.25, 0.3) is 0 Å². The lowest BCUT2D eigenvalue weighted by molar-refractivity contribution is -0.384. The summed E-state index contributed by atoms with van der Waals surface area (Å²) in [7, 11) is -3.51. The summed E-state index contributed by atoms with van der Waals surface area (Å²) >= 11 is 0. The van der Waals surface area contributed by atoms with Crippen molar-refractivity contribution in [2.75, 3.05) is 19.4 Å². The predicted octanol–water partition coefficient (Wildman–Crippen LogP) is 0.230. The van der Waals surface area contributed by atoms with Crippen LogP contribution in [0.2, 0.25) is 0 Å². The molecule has 0 saturated carbocycles. The van der Waals surface area contributed by atoms with Gasteiger partial charge in [0.15, 0.2) is 0 Å². The normalized spacial score (nSPS) is 11.1. The molecular weight excluding hydrogens is 288 g/mol. The molecule has 0 saturated heterocycles. The molecule has 0 aromatic heterocycles. The highest BCUT2D eigenvalue weighted by atomic mass is 32.2. The van der Waals surface area contributed by atoms with Crippen LogP contribution in [-0.2, 0) is 25.5 Å². The molecule has 110 valence electrons. The maximum absolute atomic E-state index is 11.5. The average Bonchev–Trinajstić information content (AvgIpc) is 2.34. The summed E-state index contributed by atoms with van der Waals surface area (Å²) in [6.07, 6.45) is 0.975. The second-order valence-corrected chi connectivity index (χ2v) is 5.62. The van der Waals surface area contributed by atoms with Crippen LogP contribution < -0.4 is 5.32 Å². The quantitative estimate of drug-likeness (QED) is 0.333. The molecule has 0 atom stereocenters. The van der Waals surface area contributed by atoms with E-state index in [9.17, 15) is 23.3 Å². The first-order valence-electron chi connectivity index (χ1n) is 5.62. The van der Waals surface area contributed by atoms with Crippen molar-refractivity contribution >= 4 is 21.7 Å². The lowest BCUT2D eigenvalue weighted by atomic mass is 10.1. The van der Waals surface area contributed by atoms with Gasteiger partial charge in [0.25, 0.3) is 15.8 Å². The third-order valence-corrected chi connectivity index (χ3v) is 2.83. The van der Waals surface area contributed by atoms with Crippen molar-refractivity contribution in [3.63, 3.8) is 0 Å². The van der Waals surface area contributed by atoms with Gasteiger partial charge >= 0.3 is 0 Å². The smallest absolute Gasteiger partial charge is 0.269 e. The predicted molar refractivity (Wildman–Crippen MR) is 70.6 cm³/mol. The minimum atomic E-state index is -3.51. The molecule has 1 amide bonds. The van der Waals surface area contributed by atoms with Gasteiger partial charge in [0.2, 0.25) is 5.91 Å². The molecule has 1 aromatic carbocycles. The Morgan fingerprint density at radius 2 is 1.95 bits per heavy atom. The Kier molecular flexibility index (Phi) is 5.59. The number of non-ortho nitro benzene ring substituents is 1. The third-order valence-electron chi connectivity index (χ3n) is 2.23. The summed E-state index contributed by atoms with van der Waals surface area (Å²) in [6.45, 7) is -0.0658. The van der Waals surface area contributed by atoms with Gasteiger partial charge in [-0.3, -0.25) is 19.1 Å². The minimum absolute atomic E-state index is 0.0456. The SMILES string of the molecule is CS(=O)(=O)OCCNC(=O)Cc1ccc([N+](=O)[O-])cc1. The first kappa shape index (κ1) is 16.1. The summed E-state index contributed by atoms with van der Waals surface area (Å²) in [5.41, 5.74) is 0.577. The highest BCUT2D eigenvalue weighted by Gasteiger charge is 2.07. The molecule has 1 rings (SSSR count). The Bertz CT molecular complexity index is 581. The molecule has 0 aliphatic rings. The molecule has 1 N–H and O–H groups in total. The van der Waals surface area contributed by atoms with Gasteiger partial charge in [0.05, 0.1) is 24.2 Å². The summed E-state index contributed by atoms with van der Waals surface area (Å²) in [6, 6.07) is 5.61. The Labute approximate surface area is 116 Å². The van der Waals surface area contributed by atoms with Gasteiger partial charge in [-0.05, 0) is 5.56 Å².